The first kappa shape index (κ1) is 45.9. The Morgan fingerprint density at radius 2 is 1.48 bits per heavy atom. The second-order valence-electron chi connectivity index (χ2n) is 16.3. The molecule has 2 amide bonds. The number of benzene rings is 4. The third-order valence-electron chi connectivity index (χ3n) is 11.7. The van der Waals surface area contributed by atoms with Crippen LogP contribution < -0.4 is 11.1 Å². The van der Waals surface area contributed by atoms with Crippen LogP contribution in [0.5, 0.6) is 11.5 Å². The predicted molar refractivity (Wildman–Crippen MR) is 233 cm³/mol. The molecule has 1 unspecified atom stereocenters. The van der Waals surface area contributed by atoms with E-state index < -0.39 is 53.4 Å². The van der Waals surface area contributed by atoms with Gasteiger partial charge in [0.15, 0.2) is 11.6 Å². The molecule has 1 aliphatic rings. The molecule has 1 heterocycles. The van der Waals surface area contributed by atoms with E-state index in [4.69, 9.17) is 5.73 Å². The Morgan fingerprint density at radius 3 is 2.10 bits per heavy atom. The molecule has 12 nitrogen and oxygen atoms in total. The largest absolute Gasteiger partial charge is 0.507 e. The number of carbonyl (C=O) groups excluding carboxylic acids is 5. The van der Waals surface area contributed by atoms with Gasteiger partial charge < -0.3 is 31.3 Å². The van der Waals surface area contributed by atoms with Crippen molar-refractivity contribution >= 4 is 35.1 Å². The van der Waals surface area contributed by atoms with Crippen LogP contribution in [0.15, 0.2) is 84.9 Å². The number of carbonyl (C=O) groups is 6. The van der Waals surface area contributed by atoms with Crippen LogP contribution in [0.1, 0.15) is 98.8 Å². The van der Waals surface area contributed by atoms with Gasteiger partial charge in [0, 0.05) is 67.2 Å². The summed E-state index contributed by atoms with van der Waals surface area (Å²) in [4.78, 5) is 82.1. The number of aliphatic carboxylic acids is 1. The summed E-state index contributed by atoms with van der Waals surface area (Å²) in [5.74, 6) is -6.30. The number of hydrogen-bond acceptors (Lipinski definition) is 9. The smallest absolute Gasteiger partial charge is 0.326 e. The predicted octanol–water partition coefficient (Wildman–Crippen LogP) is 7.22. The van der Waals surface area contributed by atoms with Crippen LogP contribution in [0.4, 0.5) is 0 Å². The highest BCUT2D eigenvalue weighted by molar-refractivity contribution is 5.98. The van der Waals surface area contributed by atoms with E-state index in [-0.39, 0.29) is 84.8 Å². The van der Waals surface area contributed by atoms with Gasteiger partial charge in [-0.3, -0.25) is 24.0 Å². The van der Waals surface area contributed by atoms with Crippen LogP contribution in [-0.4, -0.2) is 75.0 Å². The highest BCUT2D eigenvalue weighted by atomic mass is 16.4. The first-order valence-electron chi connectivity index (χ1n) is 21.0. The lowest BCUT2D eigenvalue weighted by Gasteiger charge is -2.32. The van der Waals surface area contributed by atoms with E-state index in [1.54, 1.807) is 19.1 Å². The van der Waals surface area contributed by atoms with E-state index in [0.29, 0.717) is 11.1 Å². The molecule has 0 spiro atoms. The van der Waals surface area contributed by atoms with Crippen LogP contribution in [-0.2, 0) is 36.8 Å². The summed E-state index contributed by atoms with van der Waals surface area (Å²) in [6.45, 7) is 5.46. The number of carboxylic acids is 1. The number of aromatic hydroxyl groups is 2. The van der Waals surface area contributed by atoms with E-state index in [0.717, 1.165) is 30.4 Å². The third kappa shape index (κ3) is 11.6. The number of rotatable bonds is 16. The van der Waals surface area contributed by atoms with E-state index in [1.807, 2.05) is 12.1 Å². The molecule has 0 radical (unpaired) electrons. The van der Waals surface area contributed by atoms with Gasteiger partial charge in [0.05, 0.1) is 0 Å². The van der Waals surface area contributed by atoms with Crippen molar-refractivity contribution in [1.29, 1.82) is 0 Å². The zero-order valence-electron chi connectivity index (χ0n) is 35.4. The molecule has 0 saturated carbocycles. The fraction of sp³-hybridized carbons (Fsp3) is 0.388. The third-order valence-corrected chi connectivity index (χ3v) is 11.7. The quantitative estimate of drug-likeness (QED) is 0.0718. The van der Waals surface area contributed by atoms with E-state index in [1.165, 1.54) is 60.8 Å². The maximum atomic E-state index is 14.4. The van der Waals surface area contributed by atoms with Crippen molar-refractivity contribution in [2.24, 2.45) is 23.5 Å². The monoisotopic (exact) mass is 831 g/mol. The normalized spacial score (nSPS) is 17.7. The number of carboxylic acid groups (broad SMARTS) is 1. The summed E-state index contributed by atoms with van der Waals surface area (Å²) >= 11 is 0. The van der Waals surface area contributed by atoms with E-state index >= 15 is 0 Å². The van der Waals surface area contributed by atoms with E-state index in [2.05, 4.69) is 36.5 Å². The number of unbranched alkanes of at least 4 members (excludes halogenated alkanes) is 1. The molecule has 0 saturated heterocycles. The van der Waals surface area contributed by atoms with Crippen LogP contribution in [0.25, 0.3) is 22.3 Å². The summed E-state index contributed by atoms with van der Waals surface area (Å²) in [5.41, 5.74) is 10.9. The van der Waals surface area contributed by atoms with Gasteiger partial charge in [0.25, 0.3) is 0 Å². The lowest BCUT2D eigenvalue weighted by atomic mass is 9.87. The van der Waals surface area contributed by atoms with Crippen LogP contribution in [0.3, 0.4) is 0 Å². The molecule has 1 aliphatic heterocycles. The fourth-order valence-electron chi connectivity index (χ4n) is 7.87. The van der Waals surface area contributed by atoms with Crippen molar-refractivity contribution in [2.45, 2.75) is 90.6 Å². The maximum Gasteiger partial charge on any atom is 0.326 e. The molecule has 4 aromatic carbocycles. The number of nitrogens with two attached hydrogens (primary N) is 1. The van der Waals surface area contributed by atoms with Gasteiger partial charge in [0.1, 0.15) is 29.4 Å². The maximum absolute atomic E-state index is 14.4. The Morgan fingerprint density at radius 1 is 0.852 bits per heavy atom. The number of ketones is 3. The Labute approximate surface area is 357 Å². The van der Waals surface area contributed by atoms with Gasteiger partial charge in [-0.05, 0) is 84.3 Å². The number of amides is 2. The minimum absolute atomic E-state index is 0.0723. The highest BCUT2D eigenvalue weighted by Gasteiger charge is 2.36. The molecule has 5 atom stereocenters. The van der Waals surface area contributed by atoms with Crippen molar-refractivity contribution in [3.8, 4) is 33.8 Å². The van der Waals surface area contributed by atoms with Gasteiger partial charge in [-0.2, -0.15) is 0 Å². The average Bonchev–Trinajstić information content (AvgIpc) is 3.25. The Balaban J connectivity index is 1.32. The molecule has 12 heteroatoms. The van der Waals surface area contributed by atoms with Crippen molar-refractivity contribution in [3.05, 3.63) is 107 Å². The Bertz CT molecular complexity index is 2230. The van der Waals surface area contributed by atoms with Gasteiger partial charge in [-0.25, -0.2) is 4.79 Å². The highest BCUT2D eigenvalue weighted by Crippen LogP contribution is 2.39. The van der Waals surface area contributed by atoms with Gasteiger partial charge in [-0.1, -0.05) is 87.9 Å². The van der Waals surface area contributed by atoms with E-state index in [9.17, 15) is 44.1 Å². The molecule has 322 valence electrons. The number of likely N-dealkylation sites (N-methyl/N-ethyl adjacent to an activating group) is 1. The summed E-state index contributed by atoms with van der Waals surface area (Å²) in [6, 6.07) is 21.9. The van der Waals surface area contributed by atoms with Gasteiger partial charge >= 0.3 is 5.97 Å². The lowest BCUT2D eigenvalue weighted by molar-refractivity contribution is -0.144. The minimum Gasteiger partial charge on any atom is -0.507 e. The SMILES string of the molecule is CCCCc1ccc(-c2ccc(C(=O)CCC(C)C(=O)C[C@@H](CCN)C(=O)N(C)[C@@H]3C(=O)C[C@@H](C)C(=O)N[C@H](C(=O)O)Cc4ccc(O)c(c4)-c4cc3ccc4O)cc2)cc1. The standard InChI is InChI=1S/C49H57N3O9/c1-5-6-7-31-9-12-33(13-10-31)34-14-16-35(17-15-34)41(53)19-8-29(2)44(56)28-37(22-23-50)48(59)52(4)46-36-18-21-43(55)39(27-36)38-25-32(11-20-42(38)54)26-40(49(60)61)51-47(58)30(3)24-45(46)57/h9-18,20-21,25,27,29-30,37,40,46,54-55H,5-8,19,22-24,26,28,50H2,1-4H3,(H,51,58)(H,60,61)/t29?,30-,37-,40+,46+/m1/s1. The topological polar surface area (TPSA) is 204 Å². The molecule has 4 bridgehead atoms. The summed E-state index contributed by atoms with van der Waals surface area (Å²) < 4.78 is 0. The zero-order valence-corrected chi connectivity index (χ0v) is 35.4. The molecule has 61 heavy (non-hydrogen) atoms. The summed E-state index contributed by atoms with van der Waals surface area (Å²) in [7, 11) is 1.42. The average molecular weight is 832 g/mol. The summed E-state index contributed by atoms with van der Waals surface area (Å²) in [5, 5.41) is 34.2. The Kier molecular flexibility index (Phi) is 15.7. The van der Waals surface area contributed by atoms with Crippen molar-refractivity contribution in [3.63, 3.8) is 0 Å². The van der Waals surface area contributed by atoms with Crippen molar-refractivity contribution in [1.82, 2.24) is 10.2 Å². The van der Waals surface area contributed by atoms with Crippen LogP contribution in [0, 0.1) is 17.8 Å². The molecule has 5 rings (SSSR count). The minimum atomic E-state index is -1.35. The first-order valence-corrected chi connectivity index (χ1v) is 21.0. The molecular formula is C49H57N3O9. The number of aryl methyl sites for hydroxylation is 1. The number of nitrogens with zero attached hydrogens (tertiary/aromatic N) is 1. The number of fused-ring (bicyclic) bond motifs is 5. The van der Waals surface area contributed by atoms with Crippen LogP contribution in [0.2, 0.25) is 0 Å². The molecule has 6 N–H and O–H groups in total. The lowest BCUT2D eigenvalue weighted by Crippen LogP contribution is -2.45. The molecule has 4 aromatic rings. The molecule has 0 aliphatic carbocycles. The van der Waals surface area contributed by atoms with Crippen molar-refractivity contribution < 1.29 is 44.1 Å². The fourth-order valence-corrected chi connectivity index (χ4v) is 7.87. The first-order chi connectivity index (χ1) is 29.1. The number of phenolic OH excluding ortho intramolecular Hbond substituents is 2. The second kappa shape index (κ2) is 20.9. The number of Topliss-reactive ketones (excluding diaryl/α,β-unsaturated/α-hetero) is 3. The van der Waals surface area contributed by atoms with Gasteiger partial charge in [-0.15, -0.1) is 0 Å². The van der Waals surface area contributed by atoms with Crippen LogP contribution >= 0.6 is 0 Å². The molecule has 0 fully saturated rings. The Hall–Kier alpha value is -6.14. The molecular weight excluding hydrogens is 775 g/mol. The number of hydrogen-bond donors (Lipinski definition) is 5. The number of phenols is 2. The van der Waals surface area contributed by atoms with Gasteiger partial charge in [0.2, 0.25) is 11.8 Å². The second-order valence-corrected chi connectivity index (χ2v) is 16.3. The summed E-state index contributed by atoms with van der Waals surface area (Å²) in [6.07, 6.45) is 3.18. The number of nitrogens with one attached hydrogen (secondary N) is 1. The zero-order chi connectivity index (χ0) is 44.4. The molecule has 0 aromatic heterocycles. The van der Waals surface area contributed by atoms with Crippen molar-refractivity contribution in [2.75, 3.05) is 13.6 Å².